The number of nitrogens with zero attached hydrogens (tertiary/aromatic N) is 3. The molecule has 0 unspecified atom stereocenters. The Morgan fingerprint density at radius 1 is 0.800 bits per heavy atom. The molecule has 5 heteroatoms. The molecule has 0 amide bonds. The maximum atomic E-state index is 9.71. The highest BCUT2D eigenvalue weighted by molar-refractivity contribution is 7.98. The number of benzene rings is 3. The second-order valence-corrected chi connectivity index (χ2v) is 7.51. The predicted molar refractivity (Wildman–Crippen MR) is 120 cm³/mol. The van der Waals surface area contributed by atoms with E-state index in [-0.39, 0.29) is 0 Å². The zero-order chi connectivity index (χ0) is 20.8. The summed E-state index contributed by atoms with van der Waals surface area (Å²) in [6, 6.07) is 30.6. The van der Waals surface area contributed by atoms with E-state index in [1.165, 1.54) is 24.4 Å². The van der Waals surface area contributed by atoms with E-state index in [1.807, 2.05) is 60.7 Å². The van der Waals surface area contributed by atoms with Crippen LogP contribution in [0.1, 0.15) is 11.1 Å². The van der Waals surface area contributed by atoms with Gasteiger partial charge in [-0.3, -0.25) is 0 Å². The summed E-state index contributed by atoms with van der Waals surface area (Å²) in [6.07, 6.45) is 0. The summed E-state index contributed by atoms with van der Waals surface area (Å²) in [4.78, 5) is 9.12. The Kier molecular flexibility index (Phi) is 6.07. The van der Waals surface area contributed by atoms with Crippen molar-refractivity contribution in [2.75, 3.05) is 7.11 Å². The molecule has 30 heavy (non-hydrogen) atoms. The summed E-state index contributed by atoms with van der Waals surface area (Å²) in [7, 11) is 1.52. The van der Waals surface area contributed by atoms with Crippen molar-refractivity contribution in [3.05, 3.63) is 96.1 Å². The molecule has 3 aromatic carbocycles. The van der Waals surface area contributed by atoms with E-state index < -0.39 is 0 Å². The van der Waals surface area contributed by atoms with Crippen LogP contribution in [0.15, 0.2) is 90.1 Å². The van der Waals surface area contributed by atoms with E-state index in [9.17, 15) is 5.26 Å². The van der Waals surface area contributed by atoms with E-state index in [4.69, 9.17) is 4.74 Å². The Labute approximate surface area is 180 Å². The molecule has 0 saturated heterocycles. The average molecular weight is 410 g/mol. The van der Waals surface area contributed by atoms with Crippen LogP contribution in [0, 0.1) is 11.3 Å². The number of hydrogen-bond acceptors (Lipinski definition) is 5. The fraction of sp³-hybridized carbons (Fsp3) is 0.0800. The maximum absolute atomic E-state index is 9.71. The van der Waals surface area contributed by atoms with E-state index in [0.29, 0.717) is 22.3 Å². The molecule has 0 aliphatic rings. The van der Waals surface area contributed by atoms with Crippen LogP contribution in [-0.4, -0.2) is 17.1 Å². The smallest absolute Gasteiger partial charge is 0.236 e. The molecule has 4 aromatic rings. The second kappa shape index (κ2) is 9.25. The monoisotopic (exact) mass is 409 g/mol. The Balaban J connectivity index is 1.68. The third-order valence-corrected chi connectivity index (χ3v) is 5.56. The van der Waals surface area contributed by atoms with Gasteiger partial charge in [0, 0.05) is 11.3 Å². The molecule has 146 valence electrons. The highest BCUT2D eigenvalue weighted by Crippen LogP contribution is 2.32. The van der Waals surface area contributed by atoms with Gasteiger partial charge in [0.1, 0.15) is 11.6 Å². The molecule has 4 rings (SSSR count). The van der Waals surface area contributed by atoms with Crippen LogP contribution in [0.4, 0.5) is 0 Å². The Bertz CT molecular complexity index is 1170. The highest BCUT2D eigenvalue weighted by atomic mass is 32.2. The number of methoxy groups -OCH3 is 1. The molecule has 0 aliphatic heterocycles. The molecule has 0 atom stereocenters. The molecule has 0 spiro atoms. The van der Waals surface area contributed by atoms with Gasteiger partial charge in [-0.25, -0.2) is 4.98 Å². The lowest BCUT2D eigenvalue weighted by Gasteiger charge is -2.11. The number of thioether (sulfide) groups is 1. The molecule has 0 aliphatic carbocycles. The van der Waals surface area contributed by atoms with Gasteiger partial charge in [-0.2, -0.15) is 10.2 Å². The summed E-state index contributed by atoms with van der Waals surface area (Å²) in [5.41, 5.74) is 5.21. The van der Waals surface area contributed by atoms with Crippen molar-refractivity contribution in [2.45, 2.75) is 10.9 Å². The molecule has 0 saturated carbocycles. The summed E-state index contributed by atoms with van der Waals surface area (Å²) in [5, 5.41) is 10.3. The molecule has 1 heterocycles. The molecule has 0 radical (unpaired) electrons. The van der Waals surface area contributed by atoms with Gasteiger partial charge in [0.2, 0.25) is 5.88 Å². The molecule has 1 aromatic heterocycles. The summed E-state index contributed by atoms with van der Waals surface area (Å²) in [5.74, 6) is 1.03. The molecular weight excluding hydrogens is 390 g/mol. The van der Waals surface area contributed by atoms with Gasteiger partial charge < -0.3 is 4.74 Å². The third kappa shape index (κ3) is 4.35. The lowest BCUT2D eigenvalue weighted by Crippen LogP contribution is -2.01. The second-order valence-electron chi connectivity index (χ2n) is 6.57. The third-order valence-electron chi connectivity index (χ3n) is 4.64. The first-order chi connectivity index (χ1) is 14.8. The standard InChI is InChI=1S/C25H19N3OS/c1-29-24-22(16-26)23(27-25(28-24)30-17-18-8-4-2-5-9-18)21-14-12-20(13-15-21)19-10-6-3-7-11-19/h2-15H,17H2,1H3. The largest absolute Gasteiger partial charge is 0.480 e. The maximum Gasteiger partial charge on any atom is 0.236 e. The first kappa shape index (κ1) is 19.7. The minimum atomic E-state index is 0.296. The van der Waals surface area contributed by atoms with E-state index >= 15 is 0 Å². The van der Waals surface area contributed by atoms with Crippen molar-refractivity contribution < 1.29 is 4.74 Å². The highest BCUT2D eigenvalue weighted by Gasteiger charge is 2.17. The van der Waals surface area contributed by atoms with Gasteiger partial charge in [0.25, 0.3) is 0 Å². The van der Waals surface area contributed by atoms with Crippen LogP contribution in [0.25, 0.3) is 22.4 Å². The van der Waals surface area contributed by atoms with Gasteiger partial charge in [-0.05, 0) is 16.7 Å². The number of ether oxygens (including phenoxy) is 1. The van der Waals surface area contributed by atoms with Crippen molar-refractivity contribution in [1.82, 2.24) is 9.97 Å². The summed E-state index contributed by atoms with van der Waals surface area (Å²) in [6.45, 7) is 0. The first-order valence-electron chi connectivity index (χ1n) is 9.47. The Hall–Kier alpha value is -3.62. The van der Waals surface area contributed by atoms with Gasteiger partial charge in [-0.1, -0.05) is 96.7 Å². The van der Waals surface area contributed by atoms with Crippen LogP contribution in [0.2, 0.25) is 0 Å². The molecule has 0 N–H and O–H groups in total. The number of aromatic nitrogens is 2. The first-order valence-corrected chi connectivity index (χ1v) is 10.5. The Morgan fingerprint density at radius 3 is 2.03 bits per heavy atom. The van der Waals surface area contributed by atoms with Crippen LogP contribution < -0.4 is 4.74 Å². The zero-order valence-electron chi connectivity index (χ0n) is 16.4. The van der Waals surface area contributed by atoms with Crippen LogP contribution in [-0.2, 0) is 5.75 Å². The predicted octanol–water partition coefficient (Wildman–Crippen LogP) is 5.98. The molecule has 0 fully saturated rings. The minimum Gasteiger partial charge on any atom is -0.480 e. The average Bonchev–Trinajstić information content (AvgIpc) is 2.83. The van der Waals surface area contributed by atoms with Crippen molar-refractivity contribution >= 4 is 11.8 Å². The number of nitriles is 1. The molecular formula is C25H19N3OS. The van der Waals surface area contributed by atoms with E-state index in [2.05, 4.69) is 40.3 Å². The van der Waals surface area contributed by atoms with Gasteiger partial charge in [-0.15, -0.1) is 0 Å². The van der Waals surface area contributed by atoms with Crippen molar-refractivity contribution in [3.63, 3.8) is 0 Å². The van der Waals surface area contributed by atoms with Crippen LogP contribution in [0.5, 0.6) is 5.88 Å². The van der Waals surface area contributed by atoms with Crippen molar-refractivity contribution in [2.24, 2.45) is 0 Å². The fourth-order valence-electron chi connectivity index (χ4n) is 3.12. The fourth-order valence-corrected chi connectivity index (χ4v) is 3.91. The number of hydrogen-bond donors (Lipinski definition) is 0. The number of rotatable bonds is 6. The topological polar surface area (TPSA) is 58.8 Å². The molecule has 0 bridgehead atoms. The van der Waals surface area contributed by atoms with E-state index in [0.717, 1.165) is 22.4 Å². The van der Waals surface area contributed by atoms with Crippen molar-refractivity contribution in [3.8, 4) is 34.3 Å². The SMILES string of the molecule is COc1nc(SCc2ccccc2)nc(-c2ccc(-c3ccccc3)cc2)c1C#N. The summed E-state index contributed by atoms with van der Waals surface area (Å²) < 4.78 is 5.40. The quantitative estimate of drug-likeness (QED) is 0.289. The van der Waals surface area contributed by atoms with Gasteiger partial charge in [0.15, 0.2) is 5.16 Å². The lowest BCUT2D eigenvalue weighted by atomic mass is 10.0. The van der Waals surface area contributed by atoms with E-state index in [1.54, 1.807) is 0 Å². The summed E-state index contributed by atoms with van der Waals surface area (Å²) >= 11 is 1.52. The Morgan fingerprint density at radius 2 is 1.40 bits per heavy atom. The lowest BCUT2D eigenvalue weighted by molar-refractivity contribution is 0.391. The van der Waals surface area contributed by atoms with Gasteiger partial charge in [0.05, 0.1) is 12.8 Å². The molecule has 4 nitrogen and oxygen atoms in total. The van der Waals surface area contributed by atoms with Crippen LogP contribution >= 0.6 is 11.8 Å². The normalized spacial score (nSPS) is 10.4. The van der Waals surface area contributed by atoms with Crippen LogP contribution in [0.3, 0.4) is 0 Å². The zero-order valence-corrected chi connectivity index (χ0v) is 17.3. The van der Waals surface area contributed by atoms with Gasteiger partial charge >= 0.3 is 0 Å². The van der Waals surface area contributed by atoms with Crippen molar-refractivity contribution in [1.29, 1.82) is 5.26 Å². The minimum absolute atomic E-state index is 0.296.